The van der Waals surface area contributed by atoms with E-state index >= 15 is 0 Å². The lowest BCUT2D eigenvalue weighted by Gasteiger charge is -2.22. The molecule has 3 aromatic rings. The van der Waals surface area contributed by atoms with Crippen LogP contribution in [0.5, 0.6) is 0 Å². The minimum atomic E-state index is -0.155. The maximum Gasteiger partial charge on any atom is 0.257 e. The van der Waals surface area contributed by atoms with Gasteiger partial charge in [-0.1, -0.05) is 25.1 Å². The van der Waals surface area contributed by atoms with E-state index in [1.165, 1.54) is 0 Å². The molecule has 5 nitrogen and oxygen atoms in total. The molecule has 0 fully saturated rings. The Hall–Kier alpha value is -2.56. The van der Waals surface area contributed by atoms with E-state index in [1.807, 2.05) is 36.9 Å². The maximum atomic E-state index is 13.0. The van der Waals surface area contributed by atoms with Crippen molar-refractivity contribution in [2.75, 3.05) is 7.05 Å². The van der Waals surface area contributed by atoms with Crippen molar-refractivity contribution in [3.63, 3.8) is 0 Å². The van der Waals surface area contributed by atoms with Crippen LogP contribution in [-0.2, 0) is 18.5 Å². The Morgan fingerprint density at radius 1 is 1.27 bits per heavy atom. The summed E-state index contributed by atoms with van der Waals surface area (Å²) < 4.78 is 7.85. The molecule has 26 heavy (non-hydrogen) atoms. The summed E-state index contributed by atoms with van der Waals surface area (Å²) in [5.74, 6) is 0.915. The van der Waals surface area contributed by atoms with Gasteiger partial charge in [-0.15, -0.1) is 0 Å². The van der Waals surface area contributed by atoms with Gasteiger partial charge in [-0.3, -0.25) is 9.48 Å². The summed E-state index contributed by atoms with van der Waals surface area (Å²) in [6.07, 6.45) is 2.47. The number of aryl methyl sites for hydroxylation is 1. The summed E-state index contributed by atoms with van der Waals surface area (Å²) in [5, 5.41) is 5.50. The first-order valence-corrected chi connectivity index (χ1v) is 9.04. The number of fused-ring (bicyclic) bond motifs is 1. The molecule has 0 unspecified atom stereocenters. The summed E-state index contributed by atoms with van der Waals surface area (Å²) in [6, 6.07) is 7.99. The SMILES string of the molecule is CCc1oc2ccccc2c1CN(C)C(=O)c1cnn(C(C)(C)C)c1C. The second-order valence-electron chi connectivity index (χ2n) is 7.74. The highest BCUT2D eigenvalue weighted by molar-refractivity contribution is 5.95. The third-order valence-electron chi connectivity index (χ3n) is 4.72. The smallest absolute Gasteiger partial charge is 0.257 e. The number of rotatable bonds is 4. The quantitative estimate of drug-likeness (QED) is 0.692. The van der Waals surface area contributed by atoms with Crippen LogP contribution < -0.4 is 0 Å². The Morgan fingerprint density at radius 2 is 1.96 bits per heavy atom. The minimum absolute atomic E-state index is 0.0228. The van der Waals surface area contributed by atoms with Gasteiger partial charge in [0.1, 0.15) is 11.3 Å². The van der Waals surface area contributed by atoms with Gasteiger partial charge in [0, 0.05) is 36.7 Å². The number of carbonyl (C=O) groups excluding carboxylic acids is 1. The van der Waals surface area contributed by atoms with Crippen LogP contribution in [0, 0.1) is 6.92 Å². The number of nitrogens with zero attached hydrogens (tertiary/aromatic N) is 3. The molecular formula is C21H27N3O2. The first-order valence-electron chi connectivity index (χ1n) is 9.04. The van der Waals surface area contributed by atoms with E-state index in [1.54, 1.807) is 11.1 Å². The predicted molar refractivity (Wildman–Crippen MR) is 103 cm³/mol. The minimum Gasteiger partial charge on any atom is -0.461 e. The summed E-state index contributed by atoms with van der Waals surface area (Å²) in [4.78, 5) is 14.8. The number of para-hydroxylation sites is 1. The van der Waals surface area contributed by atoms with Crippen molar-refractivity contribution in [3.8, 4) is 0 Å². The number of furan rings is 1. The molecule has 0 aliphatic carbocycles. The van der Waals surface area contributed by atoms with Gasteiger partial charge in [0.25, 0.3) is 5.91 Å². The zero-order valence-electron chi connectivity index (χ0n) is 16.5. The van der Waals surface area contributed by atoms with Crippen molar-refractivity contribution >= 4 is 16.9 Å². The molecule has 5 heteroatoms. The molecule has 138 valence electrons. The van der Waals surface area contributed by atoms with Crippen LogP contribution in [0.2, 0.25) is 0 Å². The first kappa shape index (κ1) is 18.2. The van der Waals surface area contributed by atoms with Gasteiger partial charge >= 0.3 is 0 Å². The molecule has 0 bridgehead atoms. The molecule has 0 atom stereocenters. The molecule has 0 spiro atoms. The Morgan fingerprint density at radius 3 is 2.58 bits per heavy atom. The number of amides is 1. The van der Waals surface area contributed by atoms with Crippen molar-refractivity contribution in [3.05, 3.63) is 53.0 Å². The van der Waals surface area contributed by atoms with Gasteiger partial charge in [-0.05, 0) is 33.8 Å². The van der Waals surface area contributed by atoms with Gasteiger partial charge in [0.2, 0.25) is 0 Å². The Bertz CT molecular complexity index is 944. The average Bonchev–Trinajstić information content (AvgIpc) is 3.14. The molecule has 0 saturated heterocycles. The molecule has 2 aromatic heterocycles. The zero-order chi connectivity index (χ0) is 19.1. The van der Waals surface area contributed by atoms with Crippen LogP contribution in [-0.4, -0.2) is 27.6 Å². The largest absolute Gasteiger partial charge is 0.461 e. The first-order chi connectivity index (χ1) is 12.2. The average molecular weight is 353 g/mol. The Kier molecular flexibility index (Phi) is 4.65. The van der Waals surface area contributed by atoms with Crippen molar-refractivity contribution < 1.29 is 9.21 Å². The summed E-state index contributed by atoms with van der Waals surface area (Å²) in [5.41, 5.74) is 3.34. The monoisotopic (exact) mass is 353 g/mol. The fourth-order valence-corrected chi connectivity index (χ4v) is 3.42. The van der Waals surface area contributed by atoms with E-state index in [2.05, 4.69) is 38.9 Å². The van der Waals surface area contributed by atoms with Gasteiger partial charge < -0.3 is 9.32 Å². The highest BCUT2D eigenvalue weighted by atomic mass is 16.3. The Labute approximate surface area is 154 Å². The molecule has 0 radical (unpaired) electrons. The van der Waals surface area contributed by atoms with E-state index in [-0.39, 0.29) is 11.4 Å². The van der Waals surface area contributed by atoms with Crippen LogP contribution in [0.1, 0.15) is 55.1 Å². The second kappa shape index (κ2) is 6.63. The number of hydrogen-bond donors (Lipinski definition) is 0. The second-order valence-corrected chi connectivity index (χ2v) is 7.74. The lowest BCUT2D eigenvalue weighted by atomic mass is 10.1. The van der Waals surface area contributed by atoms with Crippen LogP contribution in [0.3, 0.4) is 0 Å². The maximum absolute atomic E-state index is 13.0. The number of benzene rings is 1. The molecule has 0 aliphatic rings. The summed E-state index contributed by atoms with van der Waals surface area (Å²) >= 11 is 0. The highest BCUT2D eigenvalue weighted by Crippen LogP contribution is 2.28. The third kappa shape index (κ3) is 3.14. The fraction of sp³-hybridized carbons (Fsp3) is 0.429. The fourth-order valence-electron chi connectivity index (χ4n) is 3.42. The van der Waals surface area contributed by atoms with Crippen molar-refractivity contribution in [2.24, 2.45) is 0 Å². The van der Waals surface area contributed by atoms with E-state index in [0.717, 1.165) is 34.4 Å². The van der Waals surface area contributed by atoms with Crippen molar-refractivity contribution in [1.82, 2.24) is 14.7 Å². The molecule has 3 rings (SSSR count). The number of aromatic nitrogens is 2. The molecule has 1 aromatic carbocycles. The lowest BCUT2D eigenvalue weighted by molar-refractivity contribution is 0.0784. The summed E-state index contributed by atoms with van der Waals surface area (Å²) in [6.45, 7) is 10.8. The molecular weight excluding hydrogens is 326 g/mol. The van der Waals surface area contributed by atoms with Crippen LogP contribution >= 0.6 is 0 Å². The van der Waals surface area contributed by atoms with E-state index in [0.29, 0.717) is 12.1 Å². The molecule has 0 N–H and O–H groups in total. The third-order valence-corrected chi connectivity index (χ3v) is 4.72. The van der Waals surface area contributed by atoms with Gasteiger partial charge in [-0.2, -0.15) is 5.10 Å². The van der Waals surface area contributed by atoms with E-state index < -0.39 is 0 Å². The summed E-state index contributed by atoms with van der Waals surface area (Å²) in [7, 11) is 1.83. The molecule has 2 heterocycles. The molecule has 0 aliphatic heterocycles. The van der Waals surface area contributed by atoms with E-state index in [4.69, 9.17) is 4.42 Å². The van der Waals surface area contributed by atoms with Crippen LogP contribution in [0.25, 0.3) is 11.0 Å². The standard InChI is InChI=1S/C21H27N3O2/c1-7-18-17(15-10-8-9-11-19(15)26-18)13-23(6)20(25)16-12-22-24(14(16)2)21(3,4)5/h8-12H,7,13H2,1-6H3. The zero-order valence-corrected chi connectivity index (χ0v) is 16.5. The van der Waals surface area contributed by atoms with Crippen molar-refractivity contribution in [1.29, 1.82) is 0 Å². The number of hydrogen-bond acceptors (Lipinski definition) is 3. The Balaban J connectivity index is 1.91. The normalized spacial score (nSPS) is 11.9. The predicted octanol–water partition coefficient (Wildman–Crippen LogP) is 4.53. The lowest BCUT2D eigenvalue weighted by Crippen LogP contribution is -2.28. The highest BCUT2D eigenvalue weighted by Gasteiger charge is 2.24. The van der Waals surface area contributed by atoms with Gasteiger partial charge in [-0.25, -0.2) is 0 Å². The van der Waals surface area contributed by atoms with Gasteiger partial charge in [0.05, 0.1) is 17.3 Å². The van der Waals surface area contributed by atoms with Gasteiger partial charge in [0.15, 0.2) is 0 Å². The van der Waals surface area contributed by atoms with Crippen LogP contribution in [0.4, 0.5) is 0 Å². The topological polar surface area (TPSA) is 51.3 Å². The molecule has 1 amide bonds. The van der Waals surface area contributed by atoms with Crippen molar-refractivity contribution in [2.45, 2.75) is 53.1 Å². The van der Waals surface area contributed by atoms with E-state index in [9.17, 15) is 4.79 Å². The molecule has 0 saturated carbocycles. The number of carbonyl (C=O) groups is 1. The van der Waals surface area contributed by atoms with Crippen LogP contribution in [0.15, 0.2) is 34.9 Å².